The second-order valence-electron chi connectivity index (χ2n) is 9.24. The first-order chi connectivity index (χ1) is 17.1. The molecule has 1 fully saturated rings. The largest absolute Gasteiger partial charge is 0.464 e. The first-order valence-electron chi connectivity index (χ1n) is 12.1. The minimum absolute atomic E-state index is 0.00641. The van der Waals surface area contributed by atoms with Crippen LogP contribution in [0, 0.1) is 35.1 Å². The summed E-state index contributed by atoms with van der Waals surface area (Å²) in [5, 5.41) is 0. The summed E-state index contributed by atoms with van der Waals surface area (Å²) in [6.07, 6.45) is 1.79. The number of rotatable bonds is 7. The van der Waals surface area contributed by atoms with Crippen molar-refractivity contribution in [2.45, 2.75) is 59.4 Å². The van der Waals surface area contributed by atoms with Gasteiger partial charge in [0.1, 0.15) is 6.04 Å². The van der Waals surface area contributed by atoms with Crippen LogP contribution < -0.4 is 9.64 Å². The number of hydrogen-bond acceptors (Lipinski definition) is 5. The number of benzene rings is 2. The van der Waals surface area contributed by atoms with Crippen LogP contribution in [-0.2, 0) is 14.3 Å². The third-order valence-corrected chi connectivity index (χ3v) is 5.32. The lowest BCUT2D eigenvalue weighted by atomic mass is 9.90. The summed E-state index contributed by atoms with van der Waals surface area (Å²) >= 11 is 0. The Bertz CT molecular complexity index is 1010. The molecule has 0 saturated carbocycles. The number of para-hydroxylation sites is 1. The molecule has 2 aromatic rings. The van der Waals surface area contributed by atoms with E-state index in [1.807, 2.05) is 42.2 Å². The smallest absolute Gasteiger partial charge is 0.328 e. The van der Waals surface area contributed by atoms with Crippen molar-refractivity contribution < 1.29 is 36.6 Å². The SMILES string of the molecule is CC(C)C.CCCCOC(=O)C1CC(C(=O)Oc2cc(F)c(F)c(F)c2F)CCN1c1ccccc1. The molecule has 0 aliphatic carbocycles. The maximum absolute atomic E-state index is 13.9. The van der Waals surface area contributed by atoms with Crippen LogP contribution in [0.1, 0.15) is 53.4 Å². The van der Waals surface area contributed by atoms with E-state index in [0.29, 0.717) is 13.0 Å². The van der Waals surface area contributed by atoms with E-state index < -0.39 is 52.9 Å². The number of piperidine rings is 1. The summed E-state index contributed by atoms with van der Waals surface area (Å²) in [7, 11) is 0. The maximum atomic E-state index is 13.9. The van der Waals surface area contributed by atoms with Crippen molar-refractivity contribution in [3.8, 4) is 5.75 Å². The summed E-state index contributed by atoms with van der Waals surface area (Å²) in [5.74, 6) is -10.1. The van der Waals surface area contributed by atoms with Crippen LogP contribution in [0.5, 0.6) is 5.75 Å². The monoisotopic (exact) mass is 511 g/mol. The predicted octanol–water partition coefficient (Wildman–Crippen LogP) is 6.44. The van der Waals surface area contributed by atoms with Crippen LogP contribution >= 0.6 is 0 Å². The number of halogens is 4. The van der Waals surface area contributed by atoms with E-state index in [1.165, 1.54) is 0 Å². The minimum Gasteiger partial charge on any atom is -0.464 e. The predicted molar refractivity (Wildman–Crippen MR) is 129 cm³/mol. The molecule has 0 spiro atoms. The van der Waals surface area contributed by atoms with Gasteiger partial charge in [-0.1, -0.05) is 52.3 Å². The van der Waals surface area contributed by atoms with Gasteiger partial charge in [0, 0.05) is 18.3 Å². The minimum atomic E-state index is -2.07. The highest BCUT2D eigenvalue weighted by atomic mass is 19.2. The summed E-state index contributed by atoms with van der Waals surface area (Å²) in [6, 6.07) is 8.59. The highest BCUT2D eigenvalue weighted by molar-refractivity contribution is 5.83. The van der Waals surface area contributed by atoms with Crippen LogP contribution in [0.2, 0.25) is 0 Å². The van der Waals surface area contributed by atoms with Gasteiger partial charge in [0.25, 0.3) is 0 Å². The lowest BCUT2D eigenvalue weighted by molar-refractivity contribution is -0.147. The zero-order valence-electron chi connectivity index (χ0n) is 21.0. The fraction of sp³-hybridized carbons (Fsp3) is 0.481. The molecule has 0 N–H and O–H groups in total. The lowest BCUT2D eigenvalue weighted by Gasteiger charge is -2.38. The zero-order chi connectivity index (χ0) is 26.8. The fourth-order valence-corrected chi connectivity index (χ4v) is 3.56. The summed E-state index contributed by atoms with van der Waals surface area (Å²) < 4.78 is 64.1. The lowest BCUT2D eigenvalue weighted by Crippen LogP contribution is -2.50. The molecule has 198 valence electrons. The first-order valence-corrected chi connectivity index (χ1v) is 12.1. The number of carbonyl (C=O) groups excluding carboxylic acids is 2. The van der Waals surface area contributed by atoms with Crippen molar-refractivity contribution in [1.82, 2.24) is 0 Å². The molecule has 3 rings (SSSR count). The summed E-state index contributed by atoms with van der Waals surface area (Å²) in [4.78, 5) is 27.2. The first kappa shape index (κ1) is 29.1. The van der Waals surface area contributed by atoms with E-state index in [0.717, 1.165) is 18.0 Å². The summed E-state index contributed by atoms with van der Waals surface area (Å²) in [5.41, 5.74) is 0.769. The van der Waals surface area contributed by atoms with Crippen LogP contribution in [0.3, 0.4) is 0 Å². The van der Waals surface area contributed by atoms with Gasteiger partial charge in [0.05, 0.1) is 12.5 Å². The molecule has 1 aliphatic heterocycles. The normalized spacial score (nSPS) is 17.3. The molecule has 1 saturated heterocycles. The zero-order valence-corrected chi connectivity index (χ0v) is 21.0. The second-order valence-corrected chi connectivity index (χ2v) is 9.24. The quantitative estimate of drug-likeness (QED) is 0.107. The molecular weight excluding hydrogens is 478 g/mol. The Balaban J connectivity index is 0.00000106. The Morgan fingerprint density at radius 2 is 1.64 bits per heavy atom. The number of anilines is 1. The van der Waals surface area contributed by atoms with Crippen LogP contribution in [0.25, 0.3) is 0 Å². The van der Waals surface area contributed by atoms with Crippen molar-refractivity contribution in [3.63, 3.8) is 0 Å². The number of nitrogens with zero attached hydrogens (tertiary/aromatic N) is 1. The Morgan fingerprint density at radius 3 is 2.25 bits per heavy atom. The number of ether oxygens (including phenoxy) is 2. The van der Waals surface area contributed by atoms with E-state index in [1.54, 1.807) is 0 Å². The Morgan fingerprint density at radius 1 is 1.00 bits per heavy atom. The van der Waals surface area contributed by atoms with Gasteiger partial charge in [-0.05, 0) is 37.3 Å². The molecule has 36 heavy (non-hydrogen) atoms. The number of esters is 2. The third kappa shape index (κ3) is 7.96. The standard InChI is InChI=1S/C23H23F4NO4.C4H10/c1-2-3-11-31-23(30)17-12-14(9-10-28(17)15-7-5-4-6-8-15)22(29)32-18-13-16(24)19(25)21(27)20(18)26;1-4(2)3/h4-8,13-14,17H,2-3,9-12H2,1H3;4H,1-3H3. The number of unbranched alkanes of at least 4 members (excludes halogenated alkanes) is 1. The number of carbonyl (C=O) groups is 2. The summed E-state index contributed by atoms with van der Waals surface area (Å²) in [6.45, 7) is 8.99. The molecular formula is C27H33F4NO4. The Kier molecular flexibility index (Phi) is 11.2. The highest BCUT2D eigenvalue weighted by Gasteiger charge is 2.39. The van der Waals surface area contributed by atoms with Crippen LogP contribution in [0.15, 0.2) is 36.4 Å². The molecule has 0 aromatic heterocycles. The van der Waals surface area contributed by atoms with Gasteiger partial charge >= 0.3 is 11.9 Å². The molecule has 0 amide bonds. The molecule has 0 bridgehead atoms. The molecule has 0 radical (unpaired) electrons. The van der Waals surface area contributed by atoms with Gasteiger partial charge in [-0.2, -0.15) is 4.39 Å². The molecule has 1 heterocycles. The maximum Gasteiger partial charge on any atom is 0.328 e. The second kappa shape index (κ2) is 13.8. The molecule has 5 nitrogen and oxygen atoms in total. The highest BCUT2D eigenvalue weighted by Crippen LogP contribution is 2.31. The van der Waals surface area contributed by atoms with Crippen molar-refractivity contribution in [3.05, 3.63) is 59.7 Å². The third-order valence-electron chi connectivity index (χ3n) is 5.32. The van der Waals surface area contributed by atoms with Gasteiger partial charge in [-0.3, -0.25) is 4.79 Å². The average Bonchev–Trinajstić information content (AvgIpc) is 2.85. The van der Waals surface area contributed by atoms with E-state index in [9.17, 15) is 27.2 Å². The van der Waals surface area contributed by atoms with Crippen LogP contribution in [0.4, 0.5) is 23.2 Å². The van der Waals surface area contributed by atoms with Gasteiger partial charge < -0.3 is 14.4 Å². The molecule has 1 aliphatic rings. The van der Waals surface area contributed by atoms with Gasteiger partial charge in [0.15, 0.2) is 17.4 Å². The van der Waals surface area contributed by atoms with Crippen LogP contribution in [-0.4, -0.2) is 31.1 Å². The molecule has 9 heteroatoms. The van der Waals surface area contributed by atoms with Gasteiger partial charge in [-0.15, -0.1) is 0 Å². The van der Waals surface area contributed by atoms with Gasteiger partial charge in [0.2, 0.25) is 11.6 Å². The Labute approximate surface area is 209 Å². The Hall–Kier alpha value is -3.10. The van der Waals surface area contributed by atoms with E-state index in [2.05, 4.69) is 20.8 Å². The molecule has 2 atom stereocenters. The van der Waals surface area contributed by atoms with E-state index >= 15 is 0 Å². The van der Waals surface area contributed by atoms with Gasteiger partial charge in [-0.25, -0.2) is 18.0 Å². The van der Waals surface area contributed by atoms with E-state index in [4.69, 9.17) is 9.47 Å². The average molecular weight is 512 g/mol. The van der Waals surface area contributed by atoms with E-state index in [-0.39, 0.29) is 25.5 Å². The van der Waals surface area contributed by atoms with Crippen molar-refractivity contribution in [1.29, 1.82) is 0 Å². The van der Waals surface area contributed by atoms with Crippen molar-refractivity contribution >= 4 is 17.6 Å². The molecule has 2 unspecified atom stereocenters. The van der Waals surface area contributed by atoms with Crippen molar-refractivity contribution in [2.75, 3.05) is 18.1 Å². The fourth-order valence-electron chi connectivity index (χ4n) is 3.56. The molecule has 2 aromatic carbocycles. The topological polar surface area (TPSA) is 55.8 Å². The van der Waals surface area contributed by atoms with Crippen molar-refractivity contribution in [2.24, 2.45) is 11.8 Å². The number of hydrogen-bond donors (Lipinski definition) is 0.